The number of nitrogens with zero attached hydrogens (tertiary/aromatic N) is 2. The molecular weight excluding hydrogens is 300 g/mol. The quantitative estimate of drug-likeness (QED) is 0.683. The highest BCUT2D eigenvalue weighted by Gasteiger charge is 2.12. The van der Waals surface area contributed by atoms with Gasteiger partial charge in [-0.15, -0.1) is 11.3 Å². The van der Waals surface area contributed by atoms with Crippen molar-refractivity contribution in [2.24, 2.45) is 0 Å². The van der Waals surface area contributed by atoms with Gasteiger partial charge in [-0.3, -0.25) is 4.98 Å². The second-order valence-electron chi connectivity index (χ2n) is 4.96. The Morgan fingerprint density at radius 3 is 3.24 bits per heavy atom. The number of ether oxygens (including phenoxy) is 1. The van der Waals surface area contributed by atoms with Crippen LogP contribution >= 0.6 is 23.1 Å². The van der Waals surface area contributed by atoms with Gasteiger partial charge in [-0.05, 0) is 29.7 Å². The first-order valence-corrected chi connectivity index (χ1v) is 8.77. The fourth-order valence-electron chi connectivity index (χ4n) is 2.47. The molecule has 3 nitrogen and oxygen atoms in total. The summed E-state index contributed by atoms with van der Waals surface area (Å²) in [6.07, 6.45) is 5.76. The van der Waals surface area contributed by atoms with Crippen molar-refractivity contribution in [1.82, 2.24) is 9.97 Å². The van der Waals surface area contributed by atoms with Gasteiger partial charge >= 0.3 is 0 Å². The minimum absolute atomic E-state index is 0.827. The lowest BCUT2D eigenvalue weighted by Gasteiger charge is -2.03. The van der Waals surface area contributed by atoms with Crippen molar-refractivity contribution < 1.29 is 4.74 Å². The van der Waals surface area contributed by atoms with Gasteiger partial charge in [-0.1, -0.05) is 23.9 Å². The zero-order chi connectivity index (χ0) is 14.1. The van der Waals surface area contributed by atoms with E-state index < -0.39 is 0 Å². The molecule has 1 aliphatic rings. The predicted octanol–water partition coefficient (Wildman–Crippen LogP) is 3.96. The Labute approximate surface area is 131 Å². The molecule has 21 heavy (non-hydrogen) atoms. The van der Waals surface area contributed by atoms with E-state index in [2.05, 4.69) is 28.2 Å². The molecule has 0 radical (unpaired) electrons. The van der Waals surface area contributed by atoms with Crippen LogP contribution in [-0.4, -0.2) is 22.3 Å². The number of rotatable bonds is 4. The minimum atomic E-state index is 0.827. The van der Waals surface area contributed by atoms with Crippen LogP contribution in [0.15, 0.2) is 41.0 Å². The molecule has 0 bridgehead atoms. The van der Waals surface area contributed by atoms with Crippen molar-refractivity contribution in [2.45, 2.75) is 17.2 Å². The molecule has 0 saturated heterocycles. The third-order valence-corrected chi connectivity index (χ3v) is 5.72. The number of hydrogen-bond donors (Lipinski definition) is 0. The minimum Gasteiger partial charge on any atom is -0.493 e. The Morgan fingerprint density at radius 1 is 1.29 bits per heavy atom. The summed E-state index contributed by atoms with van der Waals surface area (Å²) >= 11 is 3.57. The summed E-state index contributed by atoms with van der Waals surface area (Å²) in [4.78, 5) is 8.71. The van der Waals surface area contributed by atoms with Crippen LogP contribution in [0, 0.1) is 0 Å². The van der Waals surface area contributed by atoms with Crippen LogP contribution in [0.4, 0.5) is 0 Å². The third kappa shape index (κ3) is 2.76. The molecule has 3 aromatic rings. The van der Waals surface area contributed by atoms with Crippen molar-refractivity contribution in [3.05, 3.63) is 47.8 Å². The Hall–Kier alpha value is -1.59. The molecule has 2 aromatic heterocycles. The van der Waals surface area contributed by atoms with Crippen molar-refractivity contribution >= 4 is 33.3 Å². The van der Waals surface area contributed by atoms with Crippen molar-refractivity contribution in [1.29, 1.82) is 0 Å². The first-order chi connectivity index (χ1) is 10.4. The number of hydrogen-bond acceptors (Lipinski definition) is 5. The van der Waals surface area contributed by atoms with Gasteiger partial charge in [0.2, 0.25) is 0 Å². The highest BCUT2D eigenvalue weighted by atomic mass is 32.2. The number of aromatic nitrogens is 2. The molecule has 1 aromatic carbocycles. The number of thioether (sulfide) groups is 1. The average Bonchev–Trinajstić information content (AvgIpc) is 3.12. The van der Waals surface area contributed by atoms with E-state index in [1.165, 1.54) is 15.8 Å². The summed E-state index contributed by atoms with van der Waals surface area (Å²) in [5.74, 6) is 2.11. The fraction of sp³-hybridized carbons (Fsp3) is 0.250. The maximum absolute atomic E-state index is 5.54. The molecule has 4 rings (SSSR count). The number of fused-ring (bicyclic) bond motifs is 2. The van der Waals surface area contributed by atoms with E-state index in [1.807, 2.05) is 30.2 Å². The van der Waals surface area contributed by atoms with Gasteiger partial charge in [0.15, 0.2) is 4.34 Å². The van der Waals surface area contributed by atoms with E-state index in [0.717, 1.165) is 40.8 Å². The molecule has 3 heterocycles. The van der Waals surface area contributed by atoms with Crippen LogP contribution in [-0.2, 0) is 12.8 Å². The second kappa shape index (κ2) is 5.66. The first kappa shape index (κ1) is 13.1. The smallest absolute Gasteiger partial charge is 0.151 e. The normalized spacial score (nSPS) is 13.3. The number of thiazole rings is 1. The van der Waals surface area contributed by atoms with Crippen LogP contribution < -0.4 is 4.74 Å². The zero-order valence-electron chi connectivity index (χ0n) is 11.4. The molecular formula is C16H14N2OS2. The maximum atomic E-state index is 5.54. The Morgan fingerprint density at radius 2 is 2.29 bits per heavy atom. The molecule has 0 amide bonds. The van der Waals surface area contributed by atoms with E-state index in [1.54, 1.807) is 11.3 Å². The maximum Gasteiger partial charge on any atom is 0.151 e. The highest BCUT2D eigenvalue weighted by Crippen LogP contribution is 2.30. The fourth-order valence-corrected chi connectivity index (χ4v) is 4.57. The Balaban J connectivity index is 1.41. The molecule has 0 aliphatic carbocycles. The lowest BCUT2D eigenvalue weighted by Crippen LogP contribution is -1.89. The monoisotopic (exact) mass is 314 g/mol. The Kier molecular flexibility index (Phi) is 3.53. The van der Waals surface area contributed by atoms with E-state index in [4.69, 9.17) is 4.74 Å². The van der Waals surface area contributed by atoms with E-state index in [9.17, 15) is 0 Å². The summed E-state index contributed by atoms with van der Waals surface area (Å²) in [7, 11) is 0. The first-order valence-electron chi connectivity index (χ1n) is 6.96. The number of benzene rings is 1. The van der Waals surface area contributed by atoms with E-state index in [0.29, 0.717) is 0 Å². The molecule has 0 N–H and O–H groups in total. The largest absolute Gasteiger partial charge is 0.493 e. The molecule has 1 aliphatic heterocycles. The van der Waals surface area contributed by atoms with Crippen molar-refractivity contribution in [3.63, 3.8) is 0 Å². The van der Waals surface area contributed by atoms with Gasteiger partial charge in [0, 0.05) is 18.4 Å². The summed E-state index contributed by atoms with van der Waals surface area (Å²) in [6.45, 7) is 0.827. The van der Waals surface area contributed by atoms with Crippen LogP contribution in [0.1, 0.15) is 11.1 Å². The molecule has 106 valence electrons. The summed E-state index contributed by atoms with van der Waals surface area (Å²) < 4.78 is 7.88. The van der Waals surface area contributed by atoms with E-state index in [-0.39, 0.29) is 0 Å². The molecule has 0 fully saturated rings. The van der Waals surface area contributed by atoms with Gasteiger partial charge in [-0.2, -0.15) is 0 Å². The van der Waals surface area contributed by atoms with Gasteiger partial charge < -0.3 is 4.74 Å². The summed E-state index contributed by atoms with van der Waals surface area (Å²) in [6, 6.07) is 8.58. The third-order valence-electron chi connectivity index (χ3n) is 3.54. The molecule has 5 heteroatoms. The van der Waals surface area contributed by atoms with Crippen LogP contribution in [0.2, 0.25) is 0 Å². The zero-order valence-corrected chi connectivity index (χ0v) is 13.0. The molecule has 0 atom stereocenters. The molecule has 0 unspecified atom stereocenters. The summed E-state index contributed by atoms with van der Waals surface area (Å²) in [5, 5.41) is 0. The van der Waals surface area contributed by atoms with Gasteiger partial charge in [0.1, 0.15) is 11.3 Å². The molecule has 0 spiro atoms. The lowest BCUT2D eigenvalue weighted by molar-refractivity contribution is 0.357. The van der Waals surface area contributed by atoms with Crippen molar-refractivity contribution in [2.75, 3.05) is 12.4 Å². The lowest BCUT2D eigenvalue weighted by atomic mass is 10.1. The topological polar surface area (TPSA) is 35.0 Å². The second-order valence-corrected chi connectivity index (χ2v) is 7.33. The van der Waals surface area contributed by atoms with Gasteiger partial charge in [0.05, 0.1) is 17.5 Å². The average molecular weight is 314 g/mol. The SMILES string of the molecule is c1cc2sc(SCCc3ccc4c(c3)CCO4)nc2cn1. The molecule has 0 saturated carbocycles. The van der Waals surface area contributed by atoms with Gasteiger partial charge in [0.25, 0.3) is 0 Å². The van der Waals surface area contributed by atoms with Crippen LogP contribution in [0.3, 0.4) is 0 Å². The van der Waals surface area contributed by atoms with Crippen LogP contribution in [0.5, 0.6) is 5.75 Å². The van der Waals surface area contributed by atoms with Crippen molar-refractivity contribution in [3.8, 4) is 5.75 Å². The number of pyridine rings is 1. The van der Waals surface area contributed by atoms with E-state index >= 15 is 0 Å². The van der Waals surface area contributed by atoms with Gasteiger partial charge in [-0.25, -0.2) is 4.98 Å². The standard InChI is InChI=1S/C16H14N2OS2/c1-2-14-12(4-7-19-14)9-11(1)5-8-20-16-18-13-10-17-6-3-15(13)21-16/h1-3,6,9-10H,4-5,7-8H2. The number of aryl methyl sites for hydroxylation is 1. The summed E-state index contributed by atoms with van der Waals surface area (Å²) in [5.41, 5.74) is 3.73. The Bertz CT molecular complexity index is 752. The van der Waals surface area contributed by atoms with Crippen LogP contribution in [0.25, 0.3) is 10.2 Å². The highest BCUT2D eigenvalue weighted by molar-refractivity contribution is 8.01. The predicted molar refractivity (Wildman–Crippen MR) is 87.5 cm³/mol.